The molecule has 0 saturated carbocycles. The van der Waals surface area contributed by atoms with Crippen LogP contribution in [-0.4, -0.2) is 42.7 Å². The summed E-state index contributed by atoms with van der Waals surface area (Å²) in [5, 5.41) is 3.03. The smallest absolute Gasteiger partial charge is 0.341 e. The molecule has 0 aromatic heterocycles. The van der Waals surface area contributed by atoms with Gasteiger partial charge in [0.2, 0.25) is 5.91 Å². The Morgan fingerprint density at radius 2 is 2.00 bits per heavy atom. The maximum Gasteiger partial charge on any atom is 0.393 e. The molecule has 98 valence electrons. The molecule has 1 amide bonds. The second-order valence-corrected chi connectivity index (χ2v) is 4.81. The number of nitrogens with zero attached hydrogens (tertiary/aromatic N) is 1. The standard InChI is InChI=1S/C11H17F3N2O/c12-11(13,14)8-3-2-6-16(7-8)10(17)9-4-1-5-15-9/h8-9,15H,1-7H2/t8-,9-/m0/s1. The number of carbonyl (C=O) groups excluding carboxylic acids is 1. The highest BCUT2D eigenvalue weighted by atomic mass is 19.4. The van der Waals surface area contributed by atoms with Crippen LogP contribution in [0.3, 0.4) is 0 Å². The number of rotatable bonds is 1. The molecule has 0 aromatic rings. The van der Waals surface area contributed by atoms with Crippen molar-refractivity contribution in [2.75, 3.05) is 19.6 Å². The van der Waals surface area contributed by atoms with Crippen molar-refractivity contribution in [1.82, 2.24) is 10.2 Å². The molecule has 2 fully saturated rings. The number of hydrogen-bond acceptors (Lipinski definition) is 2. The Morgan fingerprint density at radius 1 is 1.24 bits per heavy atom. The molecule has 0 aliphatic carbocycles. The molecule has 0 unspecified atom stereocenters. The predicted molar refractivity (Wildman–Crippen MR) is 56.4 cm³/mol. The lowest BCUT2D eigenvalue weighted by Crippen LogP contribution is -2.50. The first-order valence-electron chi connectivity index (χ1n) is 6.07. The number of nitrogens with one attached hydrogen (secondary N) is 1. The second kappa shape index (κ2) is 4.84. The Morgan fingerprint density at radius 3 is 2.59 bits per heavy atom. The number of hydrogen-bond donors (Lipinski definition) is 1. The van der Waals surface area contributed by atoms with Crippen molar-refractivity contribution < 1.29 is 18.0 Å². The van der Waals surface area contributed by atoms with E-state index in [4.69, 9.17) is 0 Å². The van der Waals surface area contributed by atoms with Gasteiger partial charge in [-0.1, -0.05) is 0 Å². The molecular formula is C11H17F3N2O. The van der Waals surface area contributed by atoms with Crippen molar-refractivity contribution in [3.05, 3.63) is 0 Å². The van der Waals surface area contributed by atoms with Crippen LogP contribution in [-0.2, 0) is 4.79 Å². The van der Waals surface area contributed by atoms with Gasteiger partial charge in [0, 0.05) is 13.1 Å². The summed E-state index contributed by atoms with van der Waals surface area (Å²) in [5.41, 5.74) is 0. The summed E-state index contributed by atoms with van der Waals surface area (Å²) in [5.74, 6) is -1.50. The SMILES string of the molecule is O=C([C@@H]1CCCN1)N1CCC[C@H](C(F)(F)F)C1. The number of carbonyl (C=O) groups is 1. The normalized spacial score (nSPS) is 30.6. The first kappa shape index (κ1) is 12.7. The maximum atomic E-state index is 12.6. The monoisotopic (exact) mass is 250 g/mol. The van der Waals surface area contributed by atoms with Gasteiger partial charge in [-0.2, -0.15) is 13.2 Å². The fourth-order valence-electron chi connectivity index (χ4n) is 2.56. The van der Waals surface area contributed by atoms with Crippen molar-refractivity contribution in [1.29, 1.82) is 0 Å². The zero-order valence-corrected chi connectivity index (χ0v) is 9.59. The number of piperidine rings is 1. The molecular weight excluding hydrogens is 233 g/mol. The average molecular weight is 250 g/mol. The Hall–Kier alpha value is -0.780. The van der Waals surface area contributed by atoms with E-state index in [9.17, 15) is 18.0 Å². The third-order valence-electron chi connectivity index (χ3n) is 3.55. The predicted octanol–water partition coefficient (Wildman–Crippen LogP) is 1.54. The summed E-state index contributed by atoms with van der Waals surface area (Å²) in [6.07, 6.45) is -1.92. The Kier molecular flexibility index (Phi) is 3.61. The van der Waals surface area contributed by atoms with E-state index in [2.05, 4.69) is 5.32 Å². The van der Waals surface area contributed by atoms with E-state index in [1.54, 1.807) is 0 Å². The Bertz CT molecular complexity index is 287. The molecule has 2 rings (SSSR count). The highest BCUT2D eigenvalue weighted by Crippen LogP contribution is 2.33. The van der Waals surface area contributed by atoms with Gasteiger partial charge in [0.1, 0.15) is 0 Å². The summed E-state index contributed by atoms with van der Waals surface area (Å²) in [6, 6.07) is -0.262. The minimum Gasteiger partial charge on any atom is -0.341 e. The van der Waals surface area contributed by atoms with Crippen molar-refractivity contribution in [3.63, 3.8) is 0 Å². The summed E-state index contributed by atoms with van der Waals surface area (Å²) in [6.45, 7) is 1.08. The number of amides is 1. The topological polar surface area (TPSA) is 32.3 Å². The van der Waals surface area contributed by atoms with Crippen LogP contribution in [0, 0.1) is 5.92 Å². The summed E-state index contributed by atoms with van der Waals surface area (Å²) in [4.78, 5) is 13.3. The first-order valence-corrected chi connectivity index (χ1v) is 6.07. The molecule has 0 aromatic carbocycles. The fraction of sp³-hybridized carbons (Fsp3) is 0.909. The van der Waals surface area contributed by atoms with Crippen LogP contribution >= 0.6 is 0 Å². The van der Waals surface area contributed by atoms with E-state index in [1.165, 1.54) is 4.90 Å². The van der Waals surface area contributed by atoms with Crippen LogP contribution in [0.2, 0.25) is 0 Å². The number of halogens is 3. The van der Waals surface area contributed by atoms with E-state index in [1.807, 2.05) is 0 Å². The maximum absolute atomic E-state index is 12.6. The molecule has 2 atom stereocenters. The largest absolute Gasteiger partial charge is 0.393 e. The average Bonchev–Trinajstić information content (AvgIpc) is 2.80. The lowest BCUT2D eigenvalue weighted by atomic mass is 9.97. The highest BCUT2D eigenvalue weighted by Gasteiger charge is 2.43. The van der Waals surface area contributed by atoms with E-state index < -0.39 is 12.1 Å². The van der Waals surface area contributed by atoms with Gasteiger partial charge < -0.3 is 10.2 Å². The van der Waals surface area contributed by atoms with E-state index in [0.29, 0.717) is 13.0 Å². The van der Waals surface area contributed by atoms with Crippen LogP contribution in [0.25, 0.3) is 0 Å². The van der Waals surface area contributed by atoms with Gasteiger partial charge in [-0.3, -0.25) is 4.79 Å². The molecule has 0 spiro atoms. The molecule has 6 heteroatoms. The molecule has 3 nitrogen and oxygen atoms in total. The van der Waals surface area contributed by atoms with Gasteiger partial charge in [0.15, 0.2) is 0 Å². The second-order valence-electron chi connectivity index (χ2n) is 4.81. The molecule has 1 N–H and O–H groups in total. The van der Waals surface area contributed by atoms with E-state index >= 15 is 0 Å². The van der Waals surface area contributed by atoms with Crippen LogP contribution in [0.5, 0.6) is 0 Å². The van der Waals surface area contributed by atoms with Gasteiger partial charge in [0.05, 0.1) is 12.0 Å². The molecule has 2 saturated heterocycles. The molecule has 2 aliphatic heterocycles. The van der Waals surface area contributed by atoms with Crippen molar-refractivity contribution in [3.8, 4) is 0 Å². The number of likely N-dealkylation sites (tertiary alicyclic amines) is 1. The molecule has 17 heavy (non-hydrogen) atoms. The zero-order valence-electron chi connectivity index (χ0n) is 9.59. The lowest BCUT2D eigenvalue weighted by molar-refractivity contribution is -0.188. The molecule has 2 heterocycles. The first-order chi connectivity index (χ1) is 7.98. The molecule has 2 aliphatic rings. The van der Waals surface area contributed by atoms with E-state index in [0.717, 1.165) is 19.4 Å². The van der Waals surface area contributed by atoms with Crippen LogP contribution in [0.1, 0.15) is 25.7 Å². The van der Waals surface area contributed by atoms with Gasteiger partial charge in [-0.25, -0.2) is 0 Å². The van der Waals surface area contributed by atoms with Gasteiger partial charge in [-0.05, 0) is 32.2 Å². The summed E-state index contributed by atoms with van der Waals surface area (Å²) in [7, 11) is 0. The van der Waals surface area contributed by atoms with Gasteiger partial charge in [-0.15, -0.1) is 0 Å². The third kappa shape index (κ3) is 2.91. The summed E-state index contributed by atoms with van der Waals surface area (Å²) < 4.78 is 37.8. The van der Waals surface area contributed by atoms with Gasteiger partial charge in [0.25, 0.3) is 0 Å². The third-order valence-corrected chi connectivity index (χ3v) is 3.55. The van der Waals surface area contributed by atoms with E-state index in [-0.39, 0.29) is 24.9 Å². The van der Waals surface area contributed by atoms with Crippen LogP contribution in [0.4, 0.5) is 13.2 Å². The minimum absolute atomic E-state index is 0.144. The molecule has 0 radical (unpaired) electrons. The zero-order chi connectivity index (χ0) is 12.5. The lowest BCUT2D eigenvalue weighted by Gasteiger charge is -2.35. The quantitative estimate of drug-likeness (QED) is 0.765. The van der Waals surface area contributed by atoms with Crippen molar-refractivity contribution >= 4 is 5.91 Å². The Labute approximate surface area is 98.3 Å². The minimum atomic E-state index is -4.18. The van der Waals surface area contributed by atoms with Crippen molar-refractivity contribution in [2.45, 2.75) is 37.9 Å². The fourth-order valence-corrected chi connectivity index (χ4v) is 2.56. The highest BCUT2D eigenvalue weighted by molar-refractivity contribution is 5.82. The van der Waals surface area contributed by atoms with Crippen LogP contribution in [0.15, 0.2) is 0 Å². The van der Waals surface area contributed by atoms with Crippen LogP contribution < -0.4 is 5.32 Å². The molecule has 0 bridgehead atoms. The van der Waals surface area contributed by atoms with Gasteiger partial charge >= 0.3 is 6.18 Å². The van der Waals surface area contributed by atoms with Crippen molar-refractivity contribution in [2.24, 2.45) is 5.92 Å². The number of alkyl halides is 3. The Balaban J connectivity index is 1.94. The summed E-state index contributed by atoms with van der Waals surface area (Å²) >= 11 is 0.